The van der Waals surface area contributed by atoms with E-state index in [9.17, 15) is 4.79 Å². The molecule has 1 heterocycles. The number of hydrogen-bond acceptors (Lipinski definition) is 4. The second kappa shape index (κ2) is 5.85. The number of rotatable bonds is 3. The number of hydrogen-bond donors (Lipinski definition) is 3. The summed E-state index contributed by atoms with van der Waals surface area (Å²) in [5.74, 6) is -0.155. The van der Waals surface area contributed by atoms with Gasteiger partial charge in [0, 0.05) is 15.7 Å². The van der Waals surface area contributed by atoms with E-state index in [4.69, 9.17) is 10.9 Å². The van der Waals surface area contributed by atoms with Crippen molar-refractivity contribution in [3.05, 3.63) is 50.6 Å². The first-order valence-electron chi connectivity index (χ1n) is 5.24. The number of amides is 1. The van der Waals surface area contributed by atoms with E-state index in [1.807, 2.05) is 11.4 Å². The van der Waals surface area contributed by atoms with Crippen LogP contribution in [-0.4, -0.2) is 17.0 Å². The molecule has 0 aliphatic heterocycles. The molecule has 0 saturated carbocycles. The summed E-state index contributed by atoms with van der Waals surface area (Å²) >= 11 is 4.67. The predicted octanol–water partition coefficient (Wildman–Crippen LogP) is 2.86. The number of nitrogens with two attached hydrogens (primary N) is 1. The lowest BCUT2D eigenvalue weighted by Gasteiger charge is -2.05. The lowest BCUT2D eigenvalue weighted by molar-refractivity contribution is 0.103. The average molecular weight is 340 g/mol. The molecule has 0 radical (unpaired) electrons. The van der Waals surface area contributed by atoms with Gasteiger partial charge in [0.25, 0.3) is 5.91 Å². The highest BCUT2D eigenvalue weighted by Crippen LogP contribution is 2.23. The Morgan fingerprint density at radius 1 is 1.32 bits per heavy atom. The van der Waals surface area contributed by atoms with Crippen LogP contribution in [0.5, 0.6) is 0 Å². The summed E-state index contributed by atoms with van der Waals surface area (Å²) in [6.07, 6.45) is 0. The van der Waals surface area contributed by atoms with E-state index in [1.54, 1.807) is 24.3 Å². The first-order valence-corrected chi connectivity index (χ1v) is 6.91. The number of nitrogens with zero attached hydrogens (tertiary/aromatic N) is 1. The van der Waals surface area contributed by atoms with Gasteiger partial charge in [0.05, 0.1) is 0 Å². The maximum atomic E-state index is 12.0. The van der Waals surface area contributed by atoms with Gasteiger partial charge >= 0.3 is 0 Å². The van der Waals surface area contributed by atoms with E-state index in [0.29, 0.717) is 16.1 Å². The van der Waals surface area contributed by atoms with Gasteiger partial charge in [-0.05, 0) is 51.6 Å². The fourth-order valence-corrected chi connectivity index (χ4v) is 2.87. The Labute approximate surface area is 121 Å². The normalized spacial score (nSPS) is 11.3. The third-order valence-corrected chi connectivity index (χ3v) is 4.21. The van der Waals surface area contributed by atoms with E-state index in [-0.39, 0.29) is 11.7 Å². The molecule has 0 aliphatic carbocycles. The van der Waals surface area contributed by atoms with E-state index in [1.165, 1.54) is 11.3 Å². The molecule has 0 unspecified atom stereocenters. The van der Waals surface area contributed by atoms with Gasteiger partial charge in [0.1, 0.15) is 4.88 Å². The molecular formula is C12H10BrN3O2S. The number of nitrogens with one attached hydrogen (secondary N) is 1. The summed E-state index contributed by atoms with van der Waals surface area (Å²) in [7, 11) is 0. The molecule has 1 aromatic carbocycles. The molecular weight excluding hydrogens is 330 g/mol. The van der Waals surface area contributed by atoms with E-state index in [2.05, 4.69) is 26.4 Å². The topological polar surface area (TPSA) is 87.7 Å². The van der Waals surface area contributed by atoms with Crippen molar-refractivity contribution in [2.24, 2.45) is 10.9 Å². The van der Waals surface area contributed by atoms with Gasteiger partial charge in [-0.25, -0.2) is 0 Å². The summed E-state index contributed by atoms with van der Waals surface area (Å²) in [6, 6.07) is 8.52. The molecule has 0 fully saturated rings. The summed E-state index contributed by atoms with van der Waals surface area (Å²) in [5, 5.41) is 16.1. The van der Waals surface area contributed by atoms with E-state index in [0.717, 1.165) is 4.47 Å². The second-order valence-corrected chi connectivity index (χ2v) is 5.38. The van der Waals surface area contributed by atoms with Crippen LogP contribution >= 0.6 is 27.3 Å². The number of carbonyl (C=O) groups excluding carboxylic acids is 1. The van der Waals surface area contributed by atoms with Gasteiger partial charge in [0.15, 0.2) is 5.84 Å². The second-order valence-electron chi connectivity index (χ2n) is 3.61. The number of amidine groups is 1. The van der Waals surface area contributed by atoms with Crippen LogP contribution in [0, 0.1) is 0 Å². The van der Waals surface area contributed by atoms with Crippen LogP contribution in [0.25, 0.3) is 0 Å². The van der Waals surface area contributed by atoms with Gasteiger partial charge in [-0.15, -0.1) is 11.3 Å². The molecule has 2 aromatic rings. The predicted molar refractivity (Wildman–Crippen MR) is 78.9 cm³/mol. The fourth-order valence-electron chi connectivity index (χ4n) is 1.43. The Morgan fingerprint density at radius 2 is 2.00 bits per heavy atom. The van der Waals surface area contributed by atoms with Crippen molar-refractivity contribution in [2.45, 2.75) is 0 Å². The third-order valence-electron chi connectivity index (χ3n) is 2.37. The number of thiophene rings is 1. The average Bonchev–Trinajstić information content (AvgIpc) is 2.85. The molecule has 7 heteroatoms. The largest absolute Gasteiger partial charge is 0.409 e. The van der Waals surface area contributed by atoms with Crippen LogP contribution in [0.2, 0.25) is 0 Å². The fraction of sp³-hybridized carbons (Fsp3) is 0. The molecule has 0 bridgehead atoms. The Bertz CT molecular complexity index is 622. The van der Waals surface area contributed by atoms with Crippen molar-refractivity contribution in [3.8, 4) is 0 Å². The van der Waals surface area contributed by atoms with Gasteiger partial charge in [-0.1, -0.05) is 5.16 Å². The first kappa shape index (κ1) is 13.6. The van der Waals surface area contributed by atoms with Crippen LogP contribution in [-0.2, 0) is 0 Å². The monoisotopic (exact) mass is 339 g/mol. The van der Waals surface area contributed by atoms with Crippen LogP contribution in [0.1, 0.15) is 15.2 Å². The molecule has 4 N–H and O–H groups in total. The minimum absolute atomic E-state index is 0.0267. The number of oxime groups is 1. The van der Waals surface area contributed by atoms with E-state index < -0.39 is 0 Å². The van der Waals surface area contributed by atoms with Crippen LogP contribution in [0.4, 0.5) is 5.69 Å². The zero-order valence-electron chi connectivity index (χ0n) is 9.63. The zero-order chi connectivity index (χ0) is 13.8. The molecule has 2 rings (SSSR count). The third kappa shape index (κ3) is 3.12. The van der Waals surface area contributed by atoms with Gasteiger partial charge in [0.2, 0.25) is 0 Å². The lowest BCUT2D eigenvalue weighted by atomic mass is 10.2. The van der Waals surface area contributed by atoms with Crippen molar-refractivity contribution in [1.82, 2.24) is 0 Å². The molecule has 5 nitrogen and oxygen atoms in total. The van der Waals surface area contributed by atoms with Crippen molar-refractivity contribution >= 4 is 44.7 Å². The molecule has 0 spiro atoms. The van der Waals surface area contributed by atoms with Gasteiger partial charge in [-0.2, -0.15) is 0 Å². The standard InChI is InChI=1S/C12H10BrN3O2S/c13-9-5-6-19-10(9)12(17)15-8-3-1-7(2-4-8)11(14)16-18/h1-6,18H,(H2,14,16)(H,15,17). The zero-order valence-corrected chi connectivity index (χ0v) is 12.0. The Balaban J connectivity index is 2.12. The minimum Gasteiger partial charge on any atom is -0.409 e. The molecule has 0 saturated heterocycles. The summed E-state index contributed by atoms with van der Waals surface area (Å²) in [5.41, 5.74) is 6.67. The summed E-state index contributed by atoms with van der Waals surface area (Å²) in [4.78, 5) is 12.6. The maximum Gasteiger partial charge on any atom is 0.266 e. The maximum absolute atomic E-state index is 12.0. The smallest absolute Gasteiger partial charge is 0.266 e. The Hall–Kier alpha value is -1.86. The van der Waals surface area contributed by atoms with Crippen LogP contribution in [0.3, 0.4) is 0 Å². The number of anilines is 1. The highest BCUT2D eigenvalue weighted by Gasteiger charge is 2.11. The molecule has 98 valence electrons. The molecule has 19 heavy (non-hydrogen) atoms. The SMILES string of the molecule is NC(=NO)c1ccc(NC(=O)c2sccc2Br)cc1. The van der Waals surface area contributed by atoms with Gasteiger partial charge < -0.3 is 16.3 Å². The van der Waals surface area contributed by atoms with Crippen LogP contribution in [0.15, 0.2) is 45.3 Å². The number of benzene rings is 1. The quantitative estimate of drug-likeness (QED) is 0.347. The van der Waals surface area contributed by atoms with Crippen molar-refractivity contribution in [1.29, 1.82) is 0 Å². The Kier molecular flexibility index (Phi) is 4.18. The molecule has 0 aliphatic rings. The summed E-state index contributed by atoms with van der Waals surface area (Å²) in [6.45, 7) is 0. The summed E-state index contributed by atoms with van der Waals surface area (Å²) < 4.78 is 0.767. The number of halogens is 1. The highest BCUT2D eigenvalue weighted by atomic mass is 79.9. The minimum atomic E-state index is -0.182. The number of carbonyl (C=O) groups is 1. The molecule has 1 amide bonds. The van der Waals surface area contributed by atoms with Crippen molar-refractivity contribution in [3.63, 3.8) is 0 Å². The van der Waals surface area contributed by atoms with Crippen LogP contribution < -0.4 is 11.1 Å². The molecule has 0 atom stereocenters. The highest BCUT2D eigenvalue weighted by molar-refractivity contribution is 9.10. The Morgan fingerprint density at radius 3 is 2.53 bits per heavy atom. The van der Waals surface area contributed by atoms with E-state index >= 15 is 0 Å². The first-order chi connectivity index (χ1) is 9.11. The lowest BCUT2D eigenvalue weighted by Crippen LogP contribution is -2.14. The van der Waals surface area contributed by atoms with Crippen molar-refractivity contribution in [2.75, 3.05) is 5.32 Å². The van der Waals surface area contributed by atoms with Gasteiger partial charge in [-0.3, -0.25) is 4.79 Å². The molecule has 1 aromatic heterocycles. The van der Waals surface area contributed by atoms with Crippen molar-refractivity contribution < 1.29 is 10.0 Å².